The molecule has 2 aromatic carbocycles. The predicted molar refractivity (Wildman–Crippen MR) is 131 cm³/mol. The number of piperidine rings is 1. The van der Waals surface area contributed by atoms with Crippen molar-refractivity contribution in [1.29, 1.82) is 0 Å². The van der Waals surface area contributed by atoms with Gasteiger partial charge in [0.25, 0.3) is 0 Å². The molecule has 0 bridgehead atoms. The highest BCUT2D eigenvalue weighted by molar-refractivity contribution is 5.67. The summed E-state index contributed by atoms with van der Waals surface area (Å²) in [5, 5.41) is 9.11. The molecule has 2 unspecified atom stereocenters. The van der Waals surface area contributed by atoms with E-state index in [4.69, 9.17) is 5.11 Å². The molecule has 40 heavy (non-hydrogen) atoms. The molecule has 3 rings (SSSR count). The van der Waals surface area contributed by atoms with Gasteiger partial charge in [0.15, 0.2) is 0 Å². The Labute approximate surface area is 227 Å². The second-order valence-electron chi connectivity index (χ2n) is 10.3. The molecule has 2 atom stereocenters. The van der Waals surface area contributed by atoms with Crippen LogP contribution in [-0.2, 0) is 29.9 Å². The molecule has 0 radical (unpaired) electrons. The topological polar surface area (TPSA) is 40.5 Å². The zero-order chi connectivity index (χ0) is 30.5. The fourth-order valence-corrected chi connectivity index (χ4v) is 4.35. The fourth-order valence-electron chi connectivity index (χ4n) is 4.35. The Morgan fingerprint density at radius 1 is 0.900 bits per heavy atom. The third kappa shape index (κ3) is 9.71. The van der Waals surface area contributed by atoms with Gasteiger partial charge in [0, 0.05) is 19.0 Å². The number of benzene rings is 2. The van der Waals surface area contributed by atoms with Crippen molar-refractivity contribution >= 4 is 5.97 Å². The molecule has 3 nitrogen and oxygen atoms in total. The molecule has 0 spiro atoms. The molecule has 2 aromatic rings. The third-order valence-electron chi connectivity index (χ3n) is 6.84. The summed E-state index contributed by atoms with van der Waals surface area (Å²) < 4.78 is 119. The Hall–Kier alpha value is -2.76. The van der Waals surface area contributed by atoms with E-state index in [1.165, 1.54) is 11.3 Å². The lowest BCUT2D eigenvalue weighted by Gasteiger charge is -2.40. The first-order chi connectivity index (χ1) is 18.3. The van der Waals surface area contributed by atoms with Crippen molar-refractivity contribution in [3.63, 3.8) is 0 Å². The molecule has 224 valence electrons. The number of halogens is 9. The molecular weight excluding hydrogens is 553 g/mol. The second kappa shape index (κ2) is 13.3. The van der Waals surface area contributed by atoms with Gasteiger partial charge in [-0.1, -0.05) is 39.3 Å². The number of carbonyl (C=O) groups is 1. The van der Waals surface area contributed by atoms with Crippen LogP contribution in [0.1, 0.15) is 80.3 Å². The van der Waals surface area contributed by atoms with Gasteiger partial charge in [0.2, 0.25) is 0 Å². The summed E-state index contributed by atoms with van der Waals surface area (Å²) in [7, 11) is 0. The lowest BCUT2D eigenvalue weighted by Crippen LogP contribution is -2.37. The summed E-state index contributed by atoms with van der Waals surface area (Å²) in [4.78, 5) is 12.6. The van der Waals surface area contributed by atoms with E-state index >= 15 is 0 Å². The van der Waals surface area contributed by atoms with Crippen molar-refractivity contribution in [2.24, 2.45) is 11.8 Å². The van der Waals surface area contributed by atoms with Crippen LogP contribution in [0.2, 0.25) is 0 Å². The number of nitrogens with zero attached hydrogens (tertiary/aromatic N) is 1. The number of aliphatic carboxylic acids is 1. The van der Waals surface area contributed by atoms with Gasteiger partial charge in [-0.2, -0.15) is 39.5 Å². The lowest BCUT2D eigenvalue weighted by molar-refractivity contribution is -0.142. The Morgan fingerprint density at radius 3 is 1.88 bits per heavy atom. The van der Waals surface area contributed by atoms with E-state index in [2.05, 4.69) is 20.8 Å². The number of rotatable bonds is 6. The normalized spacial score (nSPS) is 18.8. The average molecular weight is 586 g/mol. The van der Waals surface area contributed by atoms with Crippen LogP contribution in [-0.4, -0.2) is 22.5 Å². The van der Waals surface area contributed by atoms with Gasteiger partial charge >= 0.3 is 24.5 Å². The Balaban J connectivity index is 0.00000103. The highest BCUT2D eigenvalue weighted by Gasteiger charge is 2.39. The monoisotopic (exact) mass is 585 g/mol. The van der Waals surface area contributed by atoms with Gasteiger partial charge in [-0.25, -0.2) is 0 Å². The third-order valence-corrected chi connectivity index (χ3v) is 6.84. The van der Waals surface area contributed by atoms with Gasteiger partial charge in [-0.15, -0.1) is 0 Å². The van der Waals surface area contributed by atoms with Crippen molar-refractivity contribution in [2.75, 3.05) is 6.54 Å². The van der Waals surface area contributed by atoms with Crippen LogP contribution in [0.3, 0.4) is 0 Å². The molecule has 12 heteroatoms. The van der Waals surface area contributed by atoms with Crippen molar-refractivity contribution < 1.29 is 49.4 Å². The van der Waals surface area contributed by atoms with Crippen LogP contribution >= 0.6 is 0 Å². The predicted octanol–water partition coefficient (Wildman–Crippen LogP) is 9.22. The SMILES string of the molecule is CCC(C)C.O=C(O)CC1CCN(Cc2cc(C(F)(F)F)ccc2C(F)(F)F)C(c2ccc(C(F)(F)F)cc2)C1. The first kappa shape index (κ1) is 33.4. The molecular formula is C28H32F9NO2. The molecule has 1 aliphatic heterocycles. The maximum absolute atomic E-state index is 13.5. The first-order valence-electron chi connectivity index (χ1n) is 12.7. The van der Waals surface area contributed by atoms with Crippen molar-refractivity contribution in [3.8, 4) is 0 Å². The molecule has 1 N–H and O–H groups in total. The van der Waals surface area contributed by atoms with Gasteiger partial charge in [-0.3, -0.25) is 9.69 Å². The van der Waals surface area contributed by atoms with Gasteiger partial charge in [-0.05, 0) is 72.7 Å². The summed E-state index contributed by atoms with van der Waals surface area (Å²) in [6, 6.07) is 4.27. The molecule has 1 saturated heterocycles. The molecule has 0 aliphatic carbocycles. The maximum Gasteiger partial charge on any atom is 0.416 e. The standard InChI is InChI=1S/C23H20F9NO2.C5H12/c24-21(25,26)16-3-1-14(2-4-16)19-9-13(10-20(34)35)7-8-33(19)12-15-11-17(22(27,28)29)5-6-18(15)23(30,31)32;1-4-5(2)3/h1-6,11,13,19H,7-10,12H2,(H,34,35);5H,4H2,1-3H3. The van der Waals surface area contributed by atoms with E-state index in [0.717, 1.165) is 30.2 Å². The number of likely N-dealkylation sites (tertiary alicyclic amines) is 1. The van der Waals surface area contributed by atoms with Crippen molar-refractivity contribution in [2.45, 2.75) is 77.6 Å². The molecule has 0 amide bonds. The van der Waals surface area contributed by atoms with Crippen LogP contribution in [0.5, 0.6) is 0 Å². The number of carboxylic acid groups (broad SMARTS) is 1. The Bertz CT molecular complexity index is 1110. The minimum atomic E-state index is -4.93. The fraction of sp³-hybridized carbons (Fsp3) is 0.536. The summed E-state index contributed by atoms with van der Waals surface area (Å²) in [6.45, 7) is 6.14. The summed E-state index contributed by atoms with van der Waals surface area (Å²) >= 11 is 0. The molecule has 0 saturated carbocycles. The van der Waals surface area contributed by atoms with Crippen molar-refractivity contribution in [3.05, 3.63) is 70.3 Å². The highest BCUT2D eigenvalue weighted by Crippen LogP contribution is 2.41. The number of alkyl halides is 9. The largest absolute Gasteiger partial charge is 0.481 e. The van der Waals surface area contributed by atoms with E-state index < -0.39 is 65.3 Å². The Kier molecular flexibility index (Phi) is 11.1. The van der Waals surface area contributed by atoms with Crippen LogP contribution in [0.4, 0.5) is 39.5 Å². The van der Waals surface area contributed by atoms with E-state index in [1.807, 2.05) is 0 Å². The minimum absolute atomic E-state index is 0.0528. The number of hydrogen-bond acceptors (Lipinski definition) is 2. The van der Waals surface area contributed by atoms with E-state index in [0.29, 0.717) is 23.8 Å². The maximum atomic E-state index is 13.5. The van der Waals surface area contributed by atoms with E-state index in [1.54, 1.807) is 0 Å². The quantitative estimate of drug-likeness (QED) is 0.344. The van der Waals surface area contributed by atoms with Gasteiger partial charge < -0.3 is 5.11 Å². The molecule has 1 fully saturated rings. The molecule has 0 aromatic heterocycles. The number of carboxylic acids is 1. The van der Waals surface area contributed by atoms with E-state index in [-0.39, 0.29) is 25.8 Å². The summed E-state index contributed by atoms with van der Waals surface area (Å²) in [6.07, 6.45) is -13.0. The van der Waals surface area contributed by atoms with Crippen molar-refractivity contribution in [1.82, 2.24) is 4.90 Å². The molecule has 1 heterocycles. The molecule has 1 aliphatic rings. The van der Waals surface area contributed by atoms with Gasteiger partial charge in [0.05, 0.1) is 16.7 Å². The summed E-state index contributed by atoms with van der Waals surface area (Å²) in [5.41, 5.74) is -3.77. The van der Waals surface area contributed by atoms with E-state index in [9.17, 15) is 44.3 Å². The zero-order valence-corrected chi connectivity index (χ0v) is 22.2. The smallest absolute Gasteiger partial charge is 0.416 e. The summed E-state index contributed by atoms with van der Waals surface area (Å²) in [5.74, 6) is -0.624. The zero-order valence-electron chi connectivity index (χ0n) is 22.2. The van der Waals surface area contributed by atoms with Crippen LogP contribution < -0.4 is 0 Å². The van der Waals surface area contributed by atoms with Crippen LogP contribution in [0.15, 0.2) is 42.5 Å². The highest BCUT2D eigenvalue weighted by atomic mass is 19.4. The average Bonchev–Trinajstić information content (AvgIpc) is 2.83. The first-order valence-corrected chi connectivity index (χ1v) is 12.7. The van der Waals surface area contributed by atoms with Crippen LogP contribution in [0, 0.1) is 11.8 Å². The lowest BCUT2D eigenvalue weighted by atomic mass is 9.84. The minimum Gasteiger partial charge on any atom is -0.481 e. The second-order valence-corrected chi connectivity index (χ2v) is 10.3. The van der Waals surface area contributed by atoms with Crippen LogP contribution in [0.25, 0.3) is 0 Å². The van der Waals surface area contributed by atoms with Gasteiger partial charge in [0.1, 0.15) is 0 Å². The number of hydrogen-bond donors (Lipinski definition) is 1. The Morgan fingerprint density at radius 2 is 1.43 bits per heavy atom.